The maximum Gasteiger partial charge on any atom is 0.162 e. The number of halogens is 1. The van der Waals surface area contributed by atoms with Crippen molar-refractivity contribution in [3.8, 4) is 5.75 Å². The summed E-state index contributed by atoms with van der Waals surface area (Å²) in [6.45, 7) is 4.09. The van der Waals surface area contributed by atoms with Gasteiger partial charge in [0.15, 0.2) is 5.65 Å². The standard InChI is InChI=1S/C16H16ClN3O/c1-10(12-5-4-6-13(9-12)21-3)20-11(2)18-14-7-8-15(17)19-16(14)20/h4-10H,1-3H3. The van der Waals surface area contributed by atoms with Gasteiger partial charge in [-0.1, -0.05) is 23.7 Å². The van der Waals surface area contributed by atoms with E-state index in [1.54, 1.807) is 13.2 Å². The van der Waals surface area contributed by atoms with Gasteiger partial charge in [0, 0.05) is 0 Å². The Labute approximate surface area is 128 Å². The summed E-state index contributed by atoms with van der Waals surface area (Å²) in [5.74, 6) is 1.75. The van der Waals surface area contributed by atoms with Crippen molar-refractivity contribution in [1.29, 1.82) is 0 Å². The maximum absolute atomic E-state index is 6.03. The lowest BCUT2D eigenvalue weighted by Crippen LogP contribution is -2.09. The van der Waals surface area contributed by atoms with Crippen LogP contribution in [0.4, 0.5) is 0 Å². The van der Waals surface area contributed by atoms with Crippen molar-refractivity contribution in [1.82, 2.24) is 14.5 Å². The molecule has 0 amide bonds. The van der Waals surface area contributed by atoms with Crippen LogP contribution in [0.3, 0.4) is 0 Å². The van der Waals surface area contributed by atoms with Crippen molar-refractivity contribution in [3.05, 3.63) is 52.9 Å². The molecule has 3 aromatic rings. The van der Waals surface area contributed by atoms with Gasteiger partial charge < -0.3 is 9.30 Å². The predicted octanol–water partition coefficient (Wildman–Crippen LogP) is 4.01. The summed E-state index contributed by atoms with van der Waals surface area (Å²) in [6.07, 6.45) is 0. The highest BCUT2D eigenvalue weighted by molar-refractivity contribution is 6.29. The summed E-state index contributed by atoms with van der Waals surface area (Å²) < 4.78 is 7.39. The van der Waals surface area contributed by atoms with Gasteiger partial charge in [0.1, 0.15) is 22.2 Å². The highest BCUT2D eigenvalue weighted by atomic mass is 35.5. The van der Waals surface area contributed by atoms with Crippen LogP contribution in [0.1, 0.15) is 24.4 Å². The first-order valence-electron chi connectivity index (χ1n) is 6.75. The Kier molecular flexibility index (Phi) is 3.55. The molecule has 5 heteroatoms. The van der Waals surface area contributed by atoms with Crippen molar-refractivity contribution in [2.75, 3.05) is 7.11 Å². The van der Waals surface area contributed by atoms with E-state index in [1.165, 1.54) is 0 Å². The minimum Gasteiger partial charge on any atom is -0.497 e. The van der Waals surface area contributed by atoms with Crippen molar-refractivity contribution in [2.24, 2.45) is 0 Å². The summed E-state index contributed by atoms with van der Waals surface area (Å²) >= 11 is 6.03. The second kappa shape index (κ2) is 5.37. The summed E-state index contributed by atoms with van der Waals surface area (Å²) in [4.78, 5) is 8.97. The molecule has 1 unspecified atom stereocenters. The van der Waals surface area contributed by atoms with Crippen LogP contribution in [0.2, 0.25) is 5.15 Å². The molecule has 1 atom stereocenters. The minimum atomic E-state index is 0.0936. The highest BCUT2D eigenvalue weighted by Gasteiger charge is 2.16. The van der Waals surface area contributed by atoms with Crippen LogP contribution in [0.15, 0.2) is 36.4 Å². The van der Waals surface area contributed by atoms with Crippen LogP contribution in [-0.2, 0) is 0 Å². The molecule has 0 bridgehead atoms. The fourth-order valence-corrected chi connectivity index (χ4v) is 2.72. The van der Waals surface area contributed by atoms with Crippen LogP contribution in [-0.4, -0.2) is 21.6 Å². The Morgan fingerprint density at radius 2 is 2.00 bits per heavy atom. The number of hydrogen-bond acceptors (Lipinski definition) is 3. The molecule has 0 radical (unpaired) electrons. The van der Waals surface area contributed by atoms with E-state index in [4.69, 9.17) is 16.3 Å². The number of imidazole rings is 1. The smallest absolute Gasteiger partial charge is 0.162 e. The van der Waals surface area contributed by atoms with Gasteiger partial charge in [0.2, 0.25) is 0 Å². The summed E-state index contributed by atoms with van der Waals surface area (Å²) in [6, 6.07) is 11.8. The largest absolute Gasteiger partial charge is 0.497 e. The lowest BCUT2D eigenvalue weighted by Gasteiger charge is -2.17. The van der Waals surface area contributed by atoms with Crippen LogP contribution in [0, 0.1) is 6.92 Å². The molecule has 0 spiro atoms. The average Bonchev–Trinajstić information content (AvgIpc) is 2.81. The molecule has 1 aromatic carbocycles. The molecular weight excluding hydrogens is 286 g/mol. The molecule has 0 aliphatic heterocycles. The first kappa shape index (κ1) is 13.9. The molecule has 21 heavy (non-hydrogen) atoms. The van der Waals surface area contributed by atoms with Crippen molar-refractivity contribution in [3.63, 3.8) is 0 Å². The number of ether oxygens (including phenoxy) is 1. The second-order valence-electron chi connectivity index (χ2n) is 4.96. The van der Waals surface area contributed by atoms with E-state index in [0.29, 0.717) is 5.15 Å². The number of benzene rings is 1. The predicted molar refractivity (Wildman–Crippen MR) is 84.1 cm³/mol. The fraction of sp³-hybridized carbons (Fsp3) is 0.250. The third kappa shape index (κ3) is 2.47. The molecule has 0 saturated carbocycles. The van der Waals surface area contributed by atoms with Gasteiger partial charge in [0.25, 0.3) is 0 Å². The van der Waals surface area contributed by atoms with Crippen LogP contribution in [0.5, 0.6) is 5.75 Å². The molecule has 2 aromatic heterocycles. The van der Waals surface area contributed by atoms with Gasteiger partial charge in [-0.25, -0.2) is 9.97 Å². The molecular formula is C16H16ClN3O. The lowest BCUT2D eigenvalue weighted by atomic mass is 10.1. The Morgan fingerprint density at radius 1 is 1.19 bits per heavy atom. The fourth-order valence-electron chi connectivity index (χ4n) is 2.58. The molecule has 0 N–H and O–H groups in total. The van der Waals surface area contributed by atoms with Crippen LogP contribution >= 0.6 is 11.6 Å². The number of rotatable bonds is 3. The molecule has 2 heterocycles. The van der Waals surface area contributed by atoms with Gasteiger partial charge in [-0.3, -0.25) is 0 Å². The maximum atomic E-state index is 6.03. The lowest BCUT2D eigenvalue weighted by molar-refractivity contribution is 0.413. The van der Waals surface area contributed by atoms with E-state index in [2.05, 4.69) is 27.5 Å². The zero-order valence-electron chi connectivity index (χ0n) is 12.2. The Balaban J connectivity index is 2.14. The van der Waals surface area contributed by atoms with E-state index >= 15 is 0 Å². The number of nitrogens with zero attached hydrogens (tertiary/aromatic N) is 3. The minimum absolute atomic E-state index is 0.0936. The van der Waals surface area contributed by atoms with Gasteiger partial charge in [0.05, 0.1) is 13.2 Å². The number of hydrogen-bond donors (Lipinski definition) is 0. The van der Waals surface area contributed by atoms with Crippen molar-refractivity contribution >= 4 is 22.8 Å². The van der Waals surface area contributed by atoms with E-state index < -0.39 is 0 Å². The Bertz CT molecular complexity index is 797. The normalized spacial score (nSPS) is 12.6. The number of aromatic nitrogens is 3. The van der Waals surface area contributed by atoms with Gasteiger partial charge in [-0.15, -0.1) is 0 Å². The third-order valence-electron chi connectivity index (χ3n) is 3.64. The van der Waals surface area contributed by atoms with Crippen molar-refractivity contribution < 1.29 is 4.74 Å². The van der Waals surface area contributed by atoms with Gasteiger partial charge in [-0.2, -0.15) is 0 Å². The molecule has 4 nitrogen and oxygen atoms in total. The van der Waals surface area contributed by atoms with Crippen LogP contribution in [0.25, 0.3) is 11.2 Å². The van der Waals surface area contributed by atoms with E-state index in [0.717, 1.165) is 28.3 Å². The summed E-state index contributed by atoms with van der Waals surface area (Å²) in [5, 5.41) is 0.474. The first-order chi connectivity index (χ1) is 10.1. The number of pyridine rings is 1. The zero-order chi connectivity index (χ0) is 15.0. The topological polar surface area (TPSA) is 39.9 Å². The molecule has 0 saturated heterocycles. The second-order valence-corrected chi connectivity index (χ2v) is 5.35. The molecule has 0 aliphatic carbocycles. The zero-order valence-corrected chi connectivity index (χ0v) is 12.9. The SMILES string of the molecule is COc1cccc(C(C)n2c(C)nc3ccc(Cl)nc32)c1. The number of aryl methyl sites for hydroxylation is 1. The van der Waals surface area contributed by atoms with E-state index in [-0.39, 0.29) is 6.04 Å². The highest BCUT2D eigenvalue weighted by Crippen LogP contribution is 2.27. The third-order valence-corrected chi connectivity index (χ3v) is 3.85. The van der Waals surface area contributed by atoms with Crippen LogP contribution < -0.4 is 4.74 Å². The van der Waals surface area contributed by atoms with E-state index in [9.17, 15) is 0 Å². The Morgan fingerprint density at radius 3 is 2.76 bits per heavy atom. The average molecular weight is 302 g/mol. The molecule has 3 rings (SSSR count). The molecule has 108 valence electrons. The van der Waals surface area contributed by atoms with Gasteiger partial charge >= 0.3 is 0 Å². The quantitative estimate of drug-likeness (QED) is 0.686. The Hall–Kier alpha value is -2.07. The number of fused-ring (bicyclic) bond motifs is 1. The number of methoxy groups -OCH3 is 1. The van der Waals surface area contributed by atoms with E-state index in [1.807, 2.05) is 31.2 Å². The first-order valence-corrected chi connectivity index (χ1v) is 7.13. The summed E-state index contributed by atoms with van der Waals surface area (Å²) in [5.41, 5.74) is 2.79. The van der Waals surface area contributed by atoms with Crippen molar-refractivity contribution in [2.45, 2.75) is 19.9 Å². The van der Waals surface area contributed by atoms with Gasteiger partial charge in [-0.05, 0) is 43.7 Å². The molecule has 0 fully saturated rings. The monoisotopic (exact) mass is 301 g/mol. The molecule has 0 aliphatic rings. The summed E-state index contributed by atoms with van der Waals surface area (Å²) in [7, 11) is 1.67.